The van der Waals surface area contributed by atoms with Gasteiger partial charge in [-0.2, -0.15) is 0 Å². The van der Waals surface area contributed by atoms with Gasteiger partial charge in [0, 0.05) is 0 Å². The fraction of sp³-hybridized carbons (Fsp3) is 0.963. The molecule has 0 amide bonds. The Morgan fingerprint density at radius 3 is 1.33 bits per heavy atom. The summed E-state index contributed by atoms with van der Waals surface area (Å²) in [7, 11) is 0. The number of carbonyl (C=O) groups excluding carboxylic acids is 1. The Morgan fingerprint density at radius 2 is 0.900 bits per heavy atom. The molecule has 0 heterocycles. The molecule has 0 aliphatic rings. The van der Waals surface area contributed by atoms with Crippen LogP contribution in [0.5, 0.6) is 0 Å². The van der Waals surface area contributed by atoms with E-state index < -0.39 is 0 Å². The fourth-order valence-corrected chi connectivity index (χ4v) is 3.97. The Kier molecular flexibility index (Phi) is 24.2. The average Bonchev–Trinajstić information content (AvgIpc) is 2.74. The molecule has 3 heteroatoms. The van der Waals surface area contributed by atoms with Crippen molar-refractivity contribution in [2.45, 2.75) is 143 Å². The van der Waals surface area contributed by atoms with Crippen molar-refractivity contribution >= 4 is 5.97 Å². The third-order valence-corrected chi connectivity index (χ3v) is 6.02. The molecule has 30 heavy (non-hydrogen) atoms. The molecule has 0 rings (SSSR count). The van der Waals surface area contributed by atoms with Crippen LogP contribution in [-0.4, -0.2) is 37.1 Å². The molecule has 0 aromatic rings. The maximum absolute atomic E-state index is 12.3. The molecule has 0 fully saturated rings. The van der Waals surface area contributed by atoms with Crippen LogP contribution in [0.1, 0.15) is 143 Å². The van der Waals surface area contributed by atoms with Crippen LogP contribution in [-0.2, 0) is 9.53 Å². The van der Waals surface area contributed by atoms with Crippen LogP contribution in [0.4, 0.5) is 0 Å². The summed E-state index contributed by atoms with van der Waals surface area (Å²) < 4.78 is 5.52. The van der Waals surface area contributed by atoms with Crippen molar-refractivity contribution in [3.8, 4) is 0 Å². The molecule has 0 aliphatic heterocycles. The van der Waals surface area contributed by atoms with Crippen LogP contribution >= 0.6 is 0 Å². The lowest BCUT2D eigenvalue weighted by Gasteiger charge is -2.21. The quantitative estimate of drug-likeness (QED) is 0.115. The van der Waals surface area contributed by atoms with Gasteiger partial charge in [-0.15, -0.1) is 0 Å². The topological polar surface area (TPSA) is 29.5 Å². The summed E-state index contributed by atoms with van der Waals surface area (Å²) in [6, 6.07) is 0. The van der Waals surface area contributed by atoms with Crippen LogP contribution in [0.3, 0.4) is 0 Å². The van der Waals surface area contributed by atoms with Crippen molar-refractivity contribution in [1.29, 1.82) is 0 Å². The summed E-state index contributed by atoms with van der Waals surface area (Å²) in [5, 5.41) is 0. The number of nitrogens with zero attached hydrogens (tertiary/aromatic N) is 1. The third kappa shape index (κ3) is 22.1. The smallest absolute Gasteiger partial charge is 0.320 e. The molecule has 3 nitrogen and oxygen atoms in total. The van der Waals surface area contributed by atoms with Crippen molar-refractivity contribution in [2.75, 3.05) is 26.2 Å². The van der Waals surface area contributed by atoms with Crippen molar-refractivity contribution in [1.82, 2.24) is 4.90 Å². The van der Waals surface area contributed by atoms with E-state index in [-0.39, 0.29) is 5.97 Å². The van der Waals surface area contributed by atoms with E-state index in [1.54, 1.807) is 0 Å². The normalized spacial score (nSPS) is 11.3. The highest BCUT2D eigenvalue weighted by molar-refractivity contribution is 5.71. The summed E-state index contributed by atoms with van der Waals surface area (Å²) in [4.78, 5) is 14.7. The van der Waals surface area contributed by atoms with Crippen molar-refractivity contribution < 1.29 is 9.53 Å². The zero-order valence-corrected chi connectivity index (χ0v) is 21.0. The fourth-order valence-electron chi connectivity index (χ4n) is 3.97. The van der Waals surface area contributed by atoms with E-state index in [1.165, 1.54) is 116 Å². The lowest BCUT2D eigenvalue weighted by Crippen LogP contribution is -2.33. The standard InChI is InChI=1S/C27H55NO2/c1-4-7-10-13-15-17-20-23-28(24-21-18-16-14-11-8-5-2)26-27(29)30-25-22-19-12-9-6-3/h4-26H2,1-3H3. The van der Waals surface area contributed by atoms with E-state index in [4.69, 9.17) is 4.74 Å². The number of ether oxygens (including phenoxy) is 1. The highest BCUT2D eigenvalue weighted by Gasteiger charge is 2.11. The van der Waals surface area contributed by atoms with Gasteiger partial charge in [0.2, 0.25) is 0 Å². The number of rotatable bonds is 24. The predicted octanol–water partition coefficient (Wildman–Crippen LogP) is 8.30. The Balaban J connectivity index is 4.01. The van der Waals surface area contributed by atoms with Crippen LogP contribution in [0.2, 0.25) is 0 Å². The summed E-state index contributed by atoms with van der Waals surface area (Å²) in [5.41, 5.74) is 0. The molecule has 0 aliphatic carbocycles. The molecule has 0 spiro atoms. The molecule has 0 saturated heterocycles. The van der Waals surface area contributed by atoms with E-state index in [0.29, 0.717) is 13.2 Å². The van der Waals surface area contributed by atoms with Gasteiger partial charge < -0.3 is 4.74 Å². The van der Waals surface area contributed by atoms with E-state index in [1.807, 2.05) is 0 Å². The maximum atomic E-state index is 12.3. The second kappa shape index (κ2) is 24.7. The maximum Gasteiger partial charge on any atom is 0.320 e. The predicted molar refractivity (Wildman–Crippen MR) is 132 cm³/mol. The lowest BCUT2D eigenvalue weighted by atomic mass is 10.1. The largest absolute Gasteiger partial charge is 0.465 e. The van der Waals surface area contributed by atoms with Gasteiger partial charge in [0.1, 0.15) is 0 Å². The second-order valence-electron chi connectivity index (χ2n) is 9.15. The number of esters is 1. The number of carbonyl (C=O) groups is 1. The van der Waals surface area contributed by atoms with Crippen LogP contribution in [0.25, 0.3) is 0 Å². The van der Waals surface area contributed by atoms with Crippen molar-refractivity contribution in [2.24, 2.45) is 0 Å². The molecular weight excluding hydrogens is 370 g/mol. The van der Waals surface area contributed by atoms with Gasteiger partial charge >= 0.3 is 5.97 Å². The van der Waals surface area contributed by atoms with Gasteiger partial charge in [-0.05, 0) is 32.4 Å². The first-order chi connectivity index (χ1) is 14.7. The Morgan fingerprint density at radius 1 is 0.533 bits per heavy atom. The Labute approximate surface area is 189 Å². The molecule has 0 aromatic heterocycles. The van der Waals surface area contributed by atoms with E-state index in [0.717, 1.165) is 19.5 Å². The molecule has 0 aromatic carbocycles. The molecule has 180 valence electrons. The summed E-state index contributed by atoms with van der Waals surface area (Å²) >= 11 is 0. The minimum absolute atomic E-state index is 0.0172. The monoisotopic (exact) mass is 425 g/mol. The van der Waals surface area contributed by atoms with E-state index in [9.17, 15) is 4.79 Å². The first-order valence-electron chi connectivity index (χ1n) is 13.6. The molecular formula is C27H55NO2. The van der Waals surface area contributed by atoms with Gasteiger partial charge in [-0.1, -0.05) is 124 Å². The summed E-state index contributed by atoms with van der Waals surface area (Å²) in [5.74, 6) is -0.0172. The number of unbranched alkanes of at least 4 members (excludes halogenated alkanes) is 16. The Hall–Kier alpha value is -0.570. The lowest BCUT2D eigenvalue weighted by molar-refractivity contribution is -0.145. The van der Waals surface area contributed by atoms with Gasteiger partial charge in [-0.3, -0.25) is 9.69 Å². The highest BCUT2D eigenvalue weighted by Crippen LogP contribution is 2.10. The van der Waals surface area contributed by atoms with Crippen molar-refractivity contribution in [3.05, 3.63) is 0 Å². The Bertz CT molecular complexity index is 328. The summed E-state index contributed by atoms with van der Waals surface area (Å²) in [6.45, 7) is 9.96. The molecule has 0 bridgehead atoms. The third-order valence-electron chi connectivity index (χ3n) is 6.02. The first-order valence-corrected chi connectivity index (χ1v) is 13.6. The van der Waals surface area contributed by atoms with Gasteiger partial charge in [0.15, 0.2) is 0 Å². The van der Waals surface area contributed by atoms with Crippen LogP contribution in [0, 0.1) is 0 Å². The van der Waals surface area contributed by atoms with E-state index in [2.05, 4.69) is 25.7 Å². The SMILES string of the molecule is CCCCCCCCCN(CCCCCCCCC)CC(=O)OCCCCCCC. The van der Waals surface area contributed by atoms with Crippen LogP contribution in [0.15, 0.2) is 0 Å². The number of hydrogen-bond acceptors (Lipinski definition) is 3. The zero-order chi connectivity index (χ0) is 22.1. The molecule has 0 saturated carbocycles. The van der Waals surface area contributed by atoms with E-state index >= 15 is 0 Å². The summed E-state index contributed by atoms with van der Waals surface area (Å²) in [6.07, 6.45) is 24.6. The van der Waals surface area contributed by atoms with Gasteiger partial charge in [0.25, 0.3) is 0 Å². The minimum Gasteiger partial charge on any atom is -0.465 e. The second-order valence-corrected chi connectivity index (χ2v) is 9.15. The van der Waals surface area contributed by atoms with Crippen molar-refractivity contribution in [3.63, 3.8) is 0 Å². The highest BCUT2D eigenvalue weighted by atomic mass is 16.5. The molecule has 0 atom stereocenters. The molecule has 0 N–H and O–H groups in total. The van der Waals surface area contributed by atoms with Gasteiger partial charge in [0.05, 0.1) is 13.2 Å². The minimum atomic E-state index is -0.0172. The number of hydrogen-bond donors (Lipinski definition) is 0. The molecule has 0 radical (unpaired) electrons. The van der Waals surface area contributed by atoms with Gasteiger partial charge in [-0.25, -0.2) is 0 Å². The zero-order valence-electron chi connectivity index (χ0n) is 21.0. The first kappa shape index (κ1) is 29.4. The van der Waals surface area contributed by atoms with Crippen LogP contribution < -0.4 is 0 Å². The average molecular weight is 426 g/mol. The molecule has 0 unspecified atom stereocenters.